The Hall–Kier alpha value is -1.10. The maximum atomic E-state index is 12.8. The van der Waals surface area contributed by atoms with E-state index in [2.05, 4.69) is 12.2 Å². The molecule has 5 nitrogen and oxygen atoms in total. The first-order valence-corrected chi connectivity index (χ1v) is 7.86. The number of amides is 2. The van der Waals surface area contributed by atoms with Crippen molar-refractivity contribution in [2.45, 2.75) is 45.4 Å². The monoisotopic (exact) mass is 281 g/mol. The van der Waals surface area contributed by atoms with Crippen LogP contribution in [0.15, 0.2) is 0 Å². The van der Waals surface area contributed by atoms with Crippen molar-refractivity contribution in [3.8, 4) is 0 Å². The summed E-state index contributed by atoms with van der Waals surface area (Å²) in [5.41, 5.74) is 5.07. The van der Waals surface area contributed by atoms with Crippen molar-refractivity contribution in [2.75, 3.05) is 26.2 Å². The van der Waals surface area contributed by atoms with Crippen molar-refractivity contribution in [2.24, 2.45) is 17.1 Å². The zero-order valence-corrected chi connectivity index (χ0v) is 12.5. The molecule has 0 bridgehead atoms. The van der Waals surface area contributed by atoms with Crippen molar-refractivity contribution >= 4 is 11.8 Å². The van der Waals surface area contributed by atoms with E-state index in [1.165, 1.54) is 0 Å². The van der Waals surface area contributed by atoms with Gasteiger partial charge in [0, 0.05) is 26.1 Å². The summed E-state index contributed by atoms with van der Waals surface area (Å²) in [5.74, 6) is 0.458. The number of hydrogen-bond donors (Lipinski definition) is 2. The second kappa shape index (κ2) is 6.57. The molecule has 0 aromatic heterocycles. The van der Waals surface area contributed by atoms with Crippen LogP contribution in [0.5, 0.6) is 0 Å². The van der Waals surface area contributed by atoms with Gasteiger partial charge in [-0.3, -0.25) is 9.59 Å². The van der Waals surface area contributed by atoms with Crippen LogP contribution < -0.4 is 11.1 Å². The van der Waals surface area contributed by atoms with Gasteiger partial charge in [-0.1, -0.05) is 13.3 Å². The molecule has 2 saturated heterocycles. The molecule has 114 valence electrons. The van der Waals surface area contributed by atoms with Gasteiger partial charge in [-0.05, 0) is 38.1 Å². The molecule has 2 amide bonds. The van der Waals surface area contributed by atoms with Gasteiger partial charge in [-0.25, -0.2) is 0 Å². The van der Waals surface area contributed by atoms with Crippen LogP contribution in [0.1, 0.15) is 45.4 Å². The van der Waals surface area contributed by atoms with Crippen LogP contribution >= 0.6 is 0 Å². The molecule has 20 heavy (non-hydrogen) atoms. The van der Waals surface area contributed by atoms with Gasteiger partial charge in [0.25, 0.3) is 0 Å². The smallest absolute Gasteiger partial charge is 0.230 e. The molecule has 5 heteroatoms. The Morgan fingerprint density at radius 2 is 2.05 bits per heavy atom. The molecule has 2 fully saturated rings. The van der Waals surface area contributed by atoms with E-state index >= 15 is 0 Å². The van der Waals surface area contributed by atoms with Gasteiger partial charge < -0.3 is 16.0 Å². The van der Waals surface area contributed by atoms with Crippen LogP contribution in [-0.2, 0) is 9.59 Å². The summed E-state index contributed by atoms with van der Waals surface area (Å²) in [6.45, 7) is 5.47. The molecule has 0 spiro atoms. The normalized spacial score (nSPS) is 27.8. The number of nitrogens with two attached hydrogens (primary N) is 1. The molecule has 2 aliphatic rings. The fourth-order valence-corrected chi connectivity index (χ4v) is 3.69. The fourth-order valence-electron chi connectivity index (χ4n) is 3.69. The minimum absolute atomic E-state index is 0.175. The van der Waals surface area contributed by atoms with Gasteiger partial charge in [0.2, 0.25) is 11.8 Å². The summed E-state index contributed by atoms with van der Waals surface area (Å²) in [7, 11) is 0. The van der Waals surface area contributed by atoms with Gasteiger partial charge in [-0.2, -0.15) is 0 Å². The molecule has 3 N–H and O–H groups in total. The first-order valence-electron chi connectivity index (χ1n) is 7.86. The van der Waals surface area contributed by atoms with E-state index in [0.29, 0.717) is 18.2 Å². The van der Waals surface area contributed by atoms with Gasteiger partial charge in [0.05, 0.1) is 5.41 Å². The van der Waals surface area contributed by atoms with E-state index < -0.39 is 0 Å². The summed E-state index contributed by atoms with van der Waals surface area (Å²) in [6.07, 6.45) is 5.25. The maximum Gasteiger partial charge on any atom is 0.230 e. The molecule has 2 aliphatic heterocycles. The molecule has 0 aromatic carbocycles. The zero-order chi connectivity index (χ0) is 14.6. The molecule has 0 aliphatic carbocycles. The Labute approximate surface area is 121 Å². The average Bonchev–Trinajstić information content (AvgIpc) is 2.88. The van der Waals surface area contributed by atoms with Crippen molar-refractivity contribution in [3.63, 3.8) is 0 Å². The van der Waals surface area contributed by atoms with E-state index in [1.807, 2.05) is 4.90 Å². The predicted molar refractivity (Wildman–Crippen MR) is 77.9 cm³/mol. The Bertz CT molecular complexity index is 356. The second-order valence-electron chi connectivity index (χ2n) is 6.36. The summed E-state index contributed by atoms with van der Waals surface area (Å²) in [4.78, 5) is 25.8. The third kappa shape index (κ3) is 3.32. The van der Waals surface area contributed by atoms with Gasteiger partial charge in [-0.15, -0.1) is 0 Å². The third-order valence-electron chi connectivity index (χ3n) is 4.82. The number of carbonyl (C=O) groups excluding carboxylic acids is 2. The molecule has 0 saturated carbocycles. The topological polar surface area (TPSA) is 75.4 Å². The lowest BCUT2D eigenvalue weighted by molar-refractivity contribution is -0.143. The highest BCUT2D eigenvalue weighted by Gasteiger charge is 2.43. The van der Waals surface area contributed by atoms with E-state index in [-0.39, 0.29) is 11.3 Å². The number of carbonyl (C=O) groups is 2. The fraction of sp³-hybridized carbons (Fsp3) is 0.867. The quantitative estimate of drug-likeness (QED) is 0.785. The highest BCUT2D eigenvalue weighted by Crippen LogP contribution is 2.34. The summed E-state index contributed by atoms with van der Waals surface area (Å²) in [6, 6.07) is 0. The van der Waals surface area contributed by atoms with Gasteiger partial charge in [0.15, 0.2) is 0 Å². The lowest BCUT2D eigenvalue weighted by Gasteiger charge is -2.38. The van der Waals surface area contributed by atoms with Crippen LogP contribution in [0.4, 0.5) is 0 Å². The molecule has 0 radical (unpaired) electrons. The summed E-state index contributed by atoms with van der Waals surface area (Å²) in [5, 5.41) is 3.34. The number of nitrogens with one attached hydrogen (secondary N) is 1. The lowest BCUT2D eigenvalue weighted by atomic mass is 9.80. The molecule has 2 heterocycles. The van der Waals surface area contributed by atoms with Crippen LogP contribution in [-0.4, -0.2) is 42.9 Å². The van der Waals surface area contributed by atoms with E-state index in [9.17, 15) is 9.59 Å². The van der Waals surface area contributed by atoms with Gasteiger partial charge >= 0.3 is 0 Å². The summed E-state index contributed by atoms with van der Waals surface area (Å²) < 4.78 is 0. The molecule has 1 atom stereocenters. The highest BCUT2D eigenvalue weighted by atomic mass is 16.2. The second-order valence-corrected chi connectivity index (χ2v) is 6.36. The number of piperidine rings is 1. The van der Waals surface area contributed by atoms with Crippen molar-refractivity contribution < 1.29 is 9.59 Å². The zero-order valence-electron chi connectivity index (χ0n) is 12.5. The Kier molecular flexibility index (Phi) is 5.02. The van der Waals surface area contributed by atoms with Crippen LogP contribution in [0.3, 0.4) is 0 Å². The number of rotatable bonds is 5. The SMILES string of the molecule is CCCC1(C(=O)N2CCC(CC(N)=O)CC2)CCNC1. The van der Waals surface area contributed by atoms with E-state index in [4.69, 9.17) is 5.73 Å². The number of primary amides is 1. The molecular formula is C15H27N3O2. The third-order valence-corrected chi connectivity index (χ3v) is 4.82. The largest absolute Gasteiger partial charge is 0.370 e. The minimum atomic E-state index is -0.225. The molecule has 0 aromatic rings. The number of nitrogens with zero attached hydrogens (tertiary/aromatic N) is 1. The molecular weight excluding hydrogens is 254 g/mol. The highest BCUT2D eigenvalue weighted by molar-refractivity contribution is 5.83. The molecule has 1 unspecified atom stereocenters. The Balaban J connectivity index is 1.92. The predicted octanol–water partition coefficient (Wildman–Crippen LogP) is 0.880. The Morgan fingerprint density at radius 1 is 1.35 bits per heavy atom. The number of likely N-dealkylation sites (tertiary alicyclic amines) is 1. The first kappa shape index (κ1) is 15.3. The Morgan fingerprint density at radius 3 is 2.55 bits per heavy atom. The molecule has 2 rings (SSSR count). The lowest BCUT2D eigenvalue weighted by Crippen LogP contribution is -2.48. The van der Waals surface area contributed by atoms with Crippen LogP contribution in [0.25, 0.3) is 0 Å². The van der Waals surface area contributed by atoms with Gasteiger partial charge in [0.1, 0.15) is 0 Å². The standard InChI is InChI=1S/C15H27N3O2/c1-2-5-15(6-7-17-11-15)14(20)18-8-3-12(4-9-18)10-13(16)19/h12,17H,2-11H2,1H3,(H2,16,19). The maximum absolute atomic E-state index is 12.8. The van der Waals surface area contributed by atoms with Crippen molar-refractivity contribution in [1.82, 2.24) is 10.2 Å². The van der Waals surface area contributed by atoms with Crippen molar-refractivity contribution in [3.05, 3.63) is 0 Å². The first-order chi connectivity index (χ1) is 9.57. The minimum Gasteiger partial charge on any atom is -0.370 e. The van der Waals surface area contributed by atoms with Crippen LogP contribution in [0.2, 0.25) is 0 Å². The number of hydrogen-bond acceptors (Lipinski definition) is 3. The van der Waals surface area contributed by atoms with E-state index in [1.54, 1.807) is 0 Å². The average molecular weight is 281 g/mol. The van der Waals surface area contributed by atoms with Crippen molar-refractivity contribution in [1.29, 1.82) is 0 Å². The summed E-state index contributed by atoms with van der Waals surface area (Å²) >= 11 is 0. The van der Waals surface area contributed by atoms with E-state index in [0.717, 1.165) is 58.3 Å². The van der Waals surface area contributed by atoms with Crippen LogP contribution in [0, 0.1) is 11.3 Å².